The number of carboxylic acids is 1. The fraction of sp³-hybridized carbons (Fsp3) is 0.417. The number of rotatable bonds is 4. The van der Waals surface area contributed by atoms with Crippen molar-refractivity contribution in [2.24, 2.45) is 5.92 Å². The first-order valence-corrected chi connectivity index (χ1v) is 8.23. The van der Waals surface area contributed by atoms with E-state index in [1.165, 1.54) is 18.2 Å². The van der Waals surface area contributed by atoms with Gasteiger partial charge in [0, 0.05) is 16.1 Å². The molecule has 0 aromatic heterocycles. The molecule has 5 nitrogen and oxygen atoms in total. The monoisotopic (exact) mass is 337 g/mol. The Morgan fingerprint density at radius 1 is 1.20 bits per heavy atom. The average molecular weight is 338 g/mol. The van der Waals surface area contributed by atoms with Gasteiger partial charge in [0.05, 0.1) is 10.8 Å². The molecule has 1 aromatic carbocycles. The van der Waals surface area contributed by atoms with Gasteiger partial charge in [-0.05, 0) is 37.5 Å². The summed E-state index contributed by atoms with van der Waals surface area (Å²) < 4.78 is 26.9. The normalized spacial score (nSPS) is 22.9. The van der Waals surface area contributed by atoms with Gasteiger partial charge >= 0.3 is 5.97 Å². The van der Waals surface area contributed by atoms with E-state index >= 15 is 0 Å². The first kappa shape index (κ1) is 15.6. The van der Waals surface area contributed by atoms with E-state index in [9.17, 15) is 13.2 Å². The molecule has 20 heavy (non-hydrogen) atoms. The maximum atomic E-state index is 12.2. The van der Waals surface area contributed by atoms with Crippen LogP contribution in [0.3, 0.4) is 0 Å². The van der Waals surface area contributed by atoms with Crippen LogP contribution in [0.15, 0.2) is 23.1 Å². The first-order chi connectivity index (χ1) is 9.28. The van der Waals surface area contributed by atoms with Gasteiger partial charge in [0.1, 0.15) is 0 Å². The van der Waals surface area contributed by atoms with Gasteiger partial charge in [-0.15, -0.1) is 0 Å². The lowest BCUT2D eigenvalue weighted by molar-refractivity contribution is -0.141. The zero-order chi connectivity index (χ0) is 14.9. The number of aliphatic carboxylic acids is 1. The molecule has 0 radical (unpaired) electrons. The van der Waals surface area contributed by atoms with E-state index in [1.54, 1.807) is 0 Å². The van der Waals surface area contributed by atoms with Crippen LogP contribution in [0.25, 0.3) is 0 Å². The number of nitrogens with one attached hydrogen (secondary N) is 1. The smallest absolute Gasteiger partial charge is 0.306 e. The van der Waals surface area contributed by atoms with Crippen molar-refractivity contribution in [1.82, 2.24) is 4.72 Å². The van der Waals surface area contributed by atoms with E-state index < -0.39 is 21.9 Å². The van der Waals surface area contributed by atoms with Crippen LogP contribution in [0.4, 0.5) is 0 Å². The van der Waals surface area contributed by atoms with Crippen LogP contribution < -0.4 is 4.72 Å². The predicted molar refractivity (Wildman–Crippen MR) is 75.5 cm³/mol. The molecule has 1 aliphatic rings. The SMILES string of the molecule is O=C(O)C1CCC(NS(=O)(=O)c2cc(Cl)cc(Cl)c2)C1. The van der Waals surface area contributed by atoms with E-state index in [0.717, 1.165) is 0 Å². The highest BCUT2D eigenvalue weighted by molar-refractivity contribution is 7.89. The quantitative estimate of drug-likeness (QED) is 0.884. The molecule has 2 N–H and O–H groups in total. The molecule has 1 saturated carbocycles. The van der Waals surface area contributed by atoms with Crippen molar-refractivity contribution >= 4 is 39.2 Å². The Morgan fingerprint density at radius 3 is 2.30 bits per heavy atom. The third-order valence-corrected chi connectivity index (χ3v) is 5.19. The minimum absolute atomic E-state index is 0.0197. The zero-order valence-electron chi connectivity index (χ0n) is 10.3. The van der Waals surface area contributed by atoms with Crippen LogP contribution in [0.5, 0.6) is 0 Å². The summed E-state index contributed by atoms with van der Waals surface area (Å²) in [6, 6.07) is 3.68. The molecule has 2 unspecified atom stereocenters. The van der Waals surface area contributed by atoms with Crippen molar-refractivity contribution in [2.75, 3.05) is 0 Å². The lowest BCUT2D eigenvalue weighted by Gasteiger charge is -2.13. The van der Waals surface area contributed by atoms with Crippen molar-refractivity contribution in [2.45, 2.75) is 30.2 Å². The van der Waals surface area contributed by atoms with E-state index in [1.807, 2.05) is 0 Å². The molecule has 0 amide bonds. The summed E-state index contributed by atoms with van der Waals surface area (Å²) in [4.78, 5) is 10.8. The van der Waals surface area contributed by atoms with Crippen molar-refractivity contribution in [3.63, 3.8) is 0 Å². The molecule has 0 aliphatic heterocycles. The van der Waals surface area contributed by atoms with Crippen molar-refractivity contribution in [1.29, 1.82) is 0 Å². The zero-order valence-corrected chi connectivity index (χ0v) is 12.7. The highest BCUT2D eigenvalue weighted by Gasteiger charge is 2.32. The number of benzene rings is 1. The average Bonchev–Trinajstić information content (AvgIpc) is 2.75. The van der Waals surface area contributed by atoms with Crippen molar-refractivity contribution < 1.29 is 18.3 Å². The molecule has 2 rings (SSSR count). The number of halogens is 2. The molecule has 0 bridgehead atoms. The third kappa shape index (κ3) is 3.63. The highest BCUT2D eigenvalue weighted by atomic mass is 35.5. The number of sulfonamides is 1. The number of carbonyl (C=O) groups is 1. The largest absolute Gasteiger partial charge is 0.481 e. The molecule has 0 saturated heterocycles. The highest BCUT2D eigenvalue weighted by Crippen LogP contribution is 2.28. The summed E-state index contributed by atoms with van der Waals surface area (Å²) in [6.45, 7) is 0. The number of carboxylic acid groups (broad SMARTS) is 1. The van der Waals surface area contributed by atoms with E-state index in [2.05, 4.69) is 4.72 Å². The summed E-state index contributed by atoms with van der Waals surface area (Å²) in [7, 11) is -3.75. The molecule has 1 fully saturated rings. The Morgan fingerprint density at radius 2 is 1.80 bits per heavy atom. The Labute approximate surface area is 126 Å². The molecule has 1 aromatic rings. The molecular formula is C12H13Cl2NO4S. The summed E-state index contributed by atoms with van der Waals surface area (Å²) in [6.07, 6.45) is 1.27. The van der Waals surface area contributed by atoms with Gasteiger partial charge < -0.3 is 5.11 Å². The van der Waals surface area contributed by atoms with Gasteiger partial charge in [0.25, 0.3) is 0 Å². The molecule has 1 aliphatic carbocycles. The lowest BCUT2D eigenvalue weighted by Crippen LogP contribution is -2.33. The second-order valence-electron chi connectivity index (χ2n) is 4.77. The van der Waals surface area contributed by atoms with Crippen LogP contribution in [-0.4, -0.2) is 25.5 Å². The van der Waals surface area contributed by atoms with Crippen LogP contribution in [0, 0.1) is 5.92 Å². The van der Waals surface area contributed by atoms with Crippen LogP contribution in [0.1, 0.15) is 19.3 Å². The second-order valence-corrected chi connectivity index (χ2v) is 7.36. The topological polar surface area (TPSA) is 83.5 Å². The van der Waals surface area contributed by atoms with Crippen LogP contribution in [-0.2, 0) is 14.8 Å². The minimum atomic E-state index is -3.75. The molecule has 110 valence electrons. The van der Waals surface area contributed by atoms with Crippen LogP contribution in [0.2, 0.25) is 10.0 Å². The summed E-state index contributed by atoms with van der Waals surface area (Å²) in [5.74, 6) is -1.39. The van der Waals surface area contributed by atoms with E-state index in [0.29, 0.717) is 19.3 Å². The summed E-state index contributed by atoms with van der Waals surface area (Å²) in [5, 5.41) is 9.37. The Kier molecular flexibility index (Phi) is 4.59. The molecule has 8 heteroatoms. The van der Waals surface area contributed by atoms with Gasteiger partial charge in [0.2, 0.25) is 10.0 Å². The number of hydrogen-bond acceptors (Lipinski definition) is 3. The predicted octanol–water partition coefficient (Wildman–Crippen LogP) is 2.53. The molecule has 0 spiro atoms. The molecule has 0 heterocycles. The lowest BCUT2D eigenvalue weighted by atomic mass is 10.1. The van der Waals surface area contributed by atoms with Gasteiger partial charge in [-0.1, -0.05) is 23.2 Å². The third-order valence-electron chi connectivity index (χ3n) is 3.25. The van der Waals surface area contributed by atoms with Crippen molar-refractivity contribution in [3.8, 4) is 0 Å². The molecule has 2 atom stereocenters. The van der Waals surface area contributed by atoms with Crippen LogP contribution >= 0.6 is 23.2 Å². The summed E-state index contributed by atoms with van der Waals surface area (Å²) in [5.41, 5.74) is 0. The Hall–Kier alpha value is -0.820. The maximum absolute atomic E-state index is 12.2. The van der Waals surface area contributed by atoms with Crippen molar-refractivity contribution in [3.05, 3.63) is 28.2 Å². The van der Waals surface area contributed by atoms with Gasteiger partial charge in [-0.25, -0.2) is 13.1 Å². The Bertz CT molecular complexity index is 612. The standard InChI is InChI=1S/C12H13Cl2NO4S/c13-8-4-9(14)6-11(5-8)20(18,19)15-10-2-1-7(3-10)12(16)17/h4-7,10,15H,1-3H2,(H,16,17). The maximum Gasteiger partial charge on any atom is 0.306 e. The van der Waals surface area contributed by atoms with E-state index in [4.69, 9.17) is 28.3 Å². The molecular weight excluding hydrogens is 325 g/mol. The fourth-order valence-corrected chi connectivity index (χ4v) is 4.29. The summed E-state index contributed by atoms with van der Waals surface area (Å²) >= 11 is 11.6. The first-order valence-electron chi connectivity index (χ1n) is 5.99. The van der Waals surface area contributed by atoms with Gasteiger partial charge in [0.15, 0.2) is 0 Å². The van der Waals surface area contributed by atoms with Gasteiger partial charge in [-0.2, -0.15) is 0 Å². The Balaban J connectivity index is 2.14. The van der Waals surface area contributed by atoms with Gasteiger partial charge in [-0.3, -0.25) is 4.79 Å². The number of hydrogen-bond donors (Lipinski definition) is 2. The minimum Gasteiger partial charge on any atom is -0.481 e. The fourth-order valence-electron chi connectivity index (χ4n) is 2.28. The van der Waals surface area contributed by atoms with E-state index in [-0.39, 0.29) is 21.0 Å². The second kappa shape index (κ2) is 5.89.